The number of sulfonamides is 1. The minimum atomic E-state index is -3.70. The van der Waals surface area contributed by atoms with Crippen LogP contribution < -0.4 is 14.8 Å². The third-order valence-corrected chi connectivity index (χ3v) is 7.68. The number of piperidine rings is 1. The smallest absolute Gasteiger partial charge is 0.228 e. The fourth-order valence-electron chi connectivity index (χ4n) is 3.50. The van der Waals surface area contributed by atoms with E-state index >= 15 is 0 Å². The number of nitrogens with one attached hydrogen (secondary N) is 1. The molecule has 0 spiro atoms. The van der Waals surface area contributed by atoms with E-state index in [1.54, 1.807) is 36.4 Å². The molecule has 2 aromatic carbocycles. The molecule has 0 radical (unpaired) electrons. The predicted octanol–water partition coefficient (Wildman–Crippen LogP) is 4.19. The lowest BCUT2D eigenvalue weighted by molar-refractivity contribution is -0.120. The van der Waals surface area contributed by atoms with Gasteiger partial charge in [0.05, 0.1) is 31.6 Å². The molecule has 1 amide bonds. The van der Waals surface area contributed by atoms with Crippen LogP contribution in [0.3, 0.4) is 0 Å². The maximum absolute atomic E-state index is 13.0. The molecule has 1 saturated heterocycles. The van der Waals surface area contributed by atoms with Crippen molar-refractivity contribution in [2.24, 2.45) is 5.92 Å². The minimum Gasteiger partial charge on any atom is -0.497 e. The summed E-state index contributed by atoms with van der Waals surface area (Å²) in [5.74, 6) is -0.0319. The molecule has 1 atom stereocenters. The SMILES string of the molecule is COc1ccc(OC)c(NC(=O)[C@H]2CCCN(S(=O)(=O)Cc3c(Cl)cccc3Cl)C2)c1. The largest absolute Gasteiger partial charge is 0.497 e. The van der Waals surface area contributed by atoms with E-state index in [4.69, 9.17) is 32.7 Å². The first-order chi connectivity index (χ1) is 14.7. The fraction of sp³-hybridized carbons (Fsp3) is 0.381. The topological polar surface area (TPSA) is 84.9 Å². The molecule has 1 heterocycles. The number of rotatable bonds is 7. The molecule has 3 rings (SSSR count). The van der Waals surface area contributed by atoms with Crippen molar-refractivity contribution in [3.63, 3.8) is 0 Å². The van der Waals surface area contributed by atoms with Crippen LogP contribution in [0, 0.1) is 5.92 Å². The zero-order chi connectivity index (χ0) is 22.6. The summed E-state index contributed by atoms with van der Waals surface area (Å²) in [7, 11) is -0.668. The maximum Gasteiger partial charge on any atom is 0.228 e. The van der Waals surface area contributed by atoms with Gasteiger partial charge in [0.2, 0.25) is 15.9 Å². The van der Waals surface area contributed by atoms with Crippen molar-refractivity contribution in [3.8, 4) is 11.5 Å². The molecule has 2 aromatic rings. The van der Waals surface area contributed by atoms with E-state index in [-0.39, 0.29) is 18.2 Å². The predicted molar refractivity (Wildman–Crippen MR) is 122 cm³/mol. The Balaban J connectivity index is 1.73. The summed E-state index contributed by atoms with van der Waals surface area (Å²) in [5.41, 5.74) is 0.827. The lowest BCUT2D eigenvalue weighted by atomic mass is 9.98. The monoisotopic (exact) mass is 486 g/mol. The summed E-state index contributed by atoms with van der Waals surface area (Å²) in [6, 6.07) is 9.95. The number of halogens is 2. The van der Waals surface area contributed by atoms with Gasteiger partial charge in [-0.15, -0.1) is 0 Å². The van der Waals surface area contributed by atoms with Crippen molar-refractivity contribution >= 4 is 44.8 Å². The van der Waals surface area contributed by atoms with Gasteiger partial charge in [-0.3, -0.25) is 4.79 Å². The molecule has 1 aliphatic rings. The number of hydrogen-bond donors (Lipinski definition) is 1. The Bertz CT molecular complexity index is 1040. The average Bonchev–Trinajstić information content (AvgIpc) is 2.76. The number of carbonyl (C=O) groups excluding carboxylic acids is 1. The summed E-state index contributed by atoms with van der Waals surface area (Å²) in [6.45, 7) is 0.430. The van der Waals surface area contributed by atoms with E-state index in [2.05, 4.69) is 5.32 Å². The summed E-state index contributed by atoms with van der Waals surface area (Å²) in [5, 5.41) is 3.44. The van der Waals surface area contributed by atoms with Gasteiger partial charge in [-0.25, -0.2) is 12.7 Å². The van der Waals surface area contributed by atoms with Crippen molar-refractivity contribution in [1.29, 1.82) is 0 Å². The van der Waals surface area contributed by atoms with Crippen molar-refractivity contribution in [2.75, 3.05) is 32.6 Å². The second-order valence-corrected chi connectivity index (χ2v) is 9.99. The van der Waals surface area contributed by atoms with Crippen LogP contribution in [-0.4, -0.2) is 45.9 Å². The molecule has 0 bridgehead atoms. The summed E-state index contributed by atoms with van der Waals surface area (Å²) in [4.78, 5) is 12.9. The van der Waals surface area contributed by atoms with E-state index in [9.17, 15) is 13.2 Å². The first-order valence-electron chi connectivity index (χ1n) is 9.68. The van der Waals surface area contributed by atoms with Crippen LogP contribution in [-0.2, 0) is 20.6 Å². The number of amides is 1. The highest BCUT2D eigenvalue weighted by Gasteiger charge is 2.33. The molecule has 168 valence electrons. The number of carbonyl (C=O) groups is 1. The second kappa shape index (κ2) is 10.1. The van der Waals surface area contributed by atoms with Crippen LogP contribution in [0.25, 0.3) is 0 Å². The molecule has 10 heteroatoms. The lowest BCUT2D eigenvalue weighted by Gasteiger charge is -2.31. The molecule has 0 aliphatic carbocycles. The van der Waals surface area contributed by atoms with Gasteiger partial charge in [0, 0.05) is 34.8 Å². The third-order valence-electron chi connectivity index (χ3n) is 5.20. The molecule has 0 unspecified atom stereocenters. The van der Waals surface area contributed by atoms with Gasteiger partial charge in [0.15, 0.2) is 0 Å². The zero-order valence-electron chi connectivity index (χ0n) is 17.2. The van der Waals surface area contributed by atoms with Crippen molar-refractivity contribution in [1.82, 2.24) is 4.31 Å². The van der Waals surface area contributed by atoms with Gasteiger partial charge >= 0.3 is 0 Å². The Morgan fingerprint density at radius 2 is 1.87 bits per heavy atom. The number of hydrogen-bond acceptors (Lipinski definition) is 5. The Hall–Kier alpha value is -2.00. The summed E-state index contributed by atoms with van der Waals surface area (Å²) >= 11 is 12.3. The number of benzene rings is 2. The van der Waals surface area contributed by atoms with Crippen LogP contribution in [0.4, 0.5) is 5.69 Å². The Morgan fingerprint density at radius 3 is 2.52 bits per heavy atom. The lowest BCUT2D eigenvalue weighted by Crippen LogP contribution is -2.44. The summed E-state index contributed by atoms with van der Waals surface area (Å²) in [6.07, 6.45) is 1.15. The first kappa shape index (κ1) is 23.7. The van der Waals surface area contributed by atoms with Crippen LogP contribution >= 0.6 is 23.2 Å². The Morgan fingerprint density at radius 1 is 1.16 bits per heavy atom. The quantitative estimate of drug-likeness (QED) is 0.633. The van der Waals surface area contributed by atoms with Gasteiger partial charge < -0.3 is 14.8 Å². The summed E-state index contributed by atoms with van der Waals surface area (Å²) < 4.78 is 37.9. The third kappa shape index (κ3) is 5.63. The minimum absolute atomic E-state index is 0.0858. The molecular weight excluding hydrogens is 463 g/mol. The normalized spacial score (nSPS) is 17.2. The van der Waals surface area contributed by atoms with Gasteiger partial charge in [0.1, 0.15) is 11.5 Å². The standard InChI is InChI=1S/C21H24Cl2N2O5S/c1-29-15-8-9-20(30-2)19(11-15)24-21(26)14-5-4-10-25(12-14)31(27,28)13-16-17(22)6-3-7-18(16)23/h3,6-9,11,14H,4-5,10,12-13H2,1-2H3,(H,24,26)/t14-/m0/s1. The molecule has 1 aliphatic heterocycles. The van der Waals surface area contributed by atoms with Gasteiger partial charge in [-0.2, -0.15) is 0 Å². The molecule has 1 N–H and O–H groups in total. The molecule has 0 saturated carbocycles. The van der Waals surface area contributed by atoms with Gasteiger partial charge in [-0.05, 0) is 37.1 Å². The number of anilines is 1. The van der Waals surface area contributed by atoms with Crippen molar-refractivity contribution in [2.45, 2.75) is 18.6 Å². The van der Waals surface area contributed by atoms with Crippen LogP contribution in [0.15, 0.2) is 36.4 Å². The van der Waals surface area contributed by atoms with Crippen LogP contribution in [0.2, 0.25) is 10.0 Å². The van der Waals surface area contributed by atoms with Crippen LogP contribution in [0.5, 0.6) is 11.5 Å². The number of ether oxygens (including phenoxy) is 2. The molecule has 1 fully saturated rings. The molecule has 31 heavy (non-hydrogen) atoms. The van der Waals surface area contributed by atoms with E-state index in [1.165, 1.54) is 18.5 Å². The van der Waals surface area contributed by atoms with Gasteiger partial charge in [0.25, 0.3) is 0 Å². The second-order valence-electron chi connectivity index (χ2n) is 7.21. The number of nitrogens with zero attached hydrogens (tertiary/aromatic N) is 1. The highest BCUT2D eigenvalue weighted by molar-refractivity contribution is 7.88. The number of methoxy groups -OCH3 is 2. The maximum atomic E-state index is 13.0. The average molecular weight is 487 g/mol. The van der Waals surface area contributed by atoms with E-state index in [1.807, 2.05) is 0 Å². The highest BCUT2D eigenvalue weighted by atomic mass is 35.5. The molecule has 0 aromatic heterocycles. The van der Waals surface area contributed by atoms with Crippen LogP contribution in [0.1, 0.15) is 18.4 Å². The highest BCUT2D eigenvalue weighted by Crippen LogP contribution is 2.31. The first-order valence-corrected chi connectivity index (χ1v) is 12.0. The van der Waals surface area contributed by atoms with E-state index < -0.39 is 15.9 Å². The molecular formula is C21H24Cl2N2O5S. The molecule has 7 nitrogen and oxygen atoms in total. The zero-order valence-corrected chi connectivity index (χ0v) is 19.6. The van der Waals surface area contributed by atoms with E-state index in [0.29, 0.717) is 52.2 Å². The Kier molecular flexibility index (Phi) is 7.69. The Labute approximate surface area is 192 Å². The fourth-order valence-corrected chi connectivity index (χ4v) is 5.86. The van der Waals surface area contributed by atoms with Crippen molar-refractivity contribution in [3.05, 3.63) is 52.0 Å². The van der Waals surface area contributed by atoms with Crippen molar-refractivity contribution < 1.29 is 22.7 Å². The van der Waals surface area contributed by atoms with E-state index in [0.717, 1.165) is 0 Å². The van der Waals surface area contributed by atoms with Gasteiger partial charge in [-0.1, -0.05) is 29.3 Å².